The standard InChI is InChI=1S/C23H25N5O5/c1-15-22(28(30)31)16(2)27(26-15)17(3)23(29)25-24-13-19-10-11-20(21(12-19)32-4)33-14-18-8-6-5-7-9-18/h5-13,17H,14H2,1-4H3,(H,25,29). The van der Waals surface area contributed by atoms with Crippen LogP contribution in [-0.4, -0.2) is 33.9 Å². The minimum atomic E-state index is -0.780. The fourth-order valence-corrected chi connectivity index (χ4v) is 3.29. The Morgan fingerprint density at radius 3 is 2.61 bits per heavy atom. The topological polar surface area (TPSA) is 121 Å². The Balaban J connectivity index is 1.64. The zero-order valence-corrected chi connectivity index (χ0v) is 18.8. The molecule has 0 saturated carbocycles. The molecule has 33 heavy (non-hydrogen) atoms. The lowest BCUT2D eigenvalue weighted by atomic mass is 10.2. The van der Waals surface area contributed by atoms with Gasteiger partial charge >= 0.3 is 5.69 Å². The van der Waals surface area contributed by atoms with Crippen LogP contribution in [0.5, 0.6) is 11.5 Å². The van der Waals surface area contributed by atoms with Crippen LogP contribution in [0.3, 0.4) is 0 Å². The van der Waals surface area contributed by atoms with Crippen LogP contribution in [0.1, 0.15) is 35.5 Å². The zero-order chi connectivity index (χ0) is 24.0. The van der Waals surface area contributed by atoms with E-state index in [0.717, 1.165) is 5.56 Å². The lowest BCUT2D eigenvalue weighted by Crippen LogP contribution is -2.28. The number of ether oxygens (including phenoxy) is 2. The molecule has 0 saturated heterocycles. The van der Waals surface area contributed by atoms with E-state index < -0.39 is 16.9 Å². The quantitative estimate of drug-likeness (QED) is 0.301. The highest BCUT2D eigenvalue weighted by molar-refractivity contribution is 5.84. The van der Waals surface area contributed by atoms with Gasteiger partial charge in [0.15, 0.2) is 11.5 Å². The number of nitro groups is 1. The Bertz CT molecular complexity index is 1170. The molecule has 0 radical (unpaired) electrons. The molecule has 10 nitrogen and oxygen atoms in total. The molecule has 2 aromatic carbocycles. The minimum Gasteiger partial charge on any atom is -0.493 e. The van der Waals surface area contributed by atoms with Gasteiger partial charge in [-0.1, -0.05) is 30.3 Å². The van der Waals surface area contributed by atoms with Gasteiger partial charge in [-0.25, -0.2) is 5.43 Å². The summed E-state index contributed by atoms with van der Waals surface area (Å²) in [5.74, 6) is 0.660. The summed E-state index contributed by atoms with van der Waals surface area (Å²) >= 11 is 0. The highest BCUT2D eigenvalue weighted by atomic mass is 16.6. The van der Waals surface area contributed by atoms with Gasteiger partial charge in [0.2, 0.25) is 0 Å². The Hall–Kier alpha value is -4.21. The number of methoxy groups -OCH3 is 1. The van der Waals surface area contributed by atoms with E-state index in [2.05, 4.69) is 15.6 Å². The largest absolute Gasteiger partial charge is 0.493 e. The molecule has 1 heterocycles. The van der Waals surface area contributed by atoms with Crippen molar-refractivity contribution in [3.05, 3.63) is 81.2 Å². The second-order valence-electron chi connectivity index (χ2n) is 7.32. The van der Waals surface area contributed by atoms with Gasteiger partial charge in [-0.15, -0.1) is 0 Å². The molecule has 1 aromatic heterocycles. The summed E-state index contributed by atoms with van der Waals surface area (Å²) in [7, 11) is 1.54. The summed E-state index contributed by atoms with van der Waals surface area (Å²) in [5, 5.41) is 19.3. The first-order chi connectivity index (χ1) is 15.8. The van der Waals surface area contributed by atoms with E-state index in [0.29, 0.717) is 29.4 Å². The maximum atomic E-state index is 12.5. The number of carbonyl (C=O) groups is 1. The number of aryl methyl sites for hydroxylation is 1. The third-order valence-electron chi connectivity index (χ3n) is 5.03. The first kappa shape index (κ1) is 23.5. The number of benzene rings is 2. The van der Waals surface area contributed by atoms with E-state index >= 15 is 0 Å². The summed E-state index contributed by atoms with van der Waals surface area (Å²) < 4.78 is 12.6. The molecular weight excluding hydrogens is 426 g/mol. The molecule has 3 rings (SSSR count). The number of nitrogens with one attached hydrogen (secondary N) is 1. The summed E-state index contributed by atoms with van der Waals surface area (Å²) in [4.78, 5) is 23.1. The predicted molar refractivity (Wildman–Crippen MR) is 123 cm³/mol. The van der Waals surface area contributed by atoms with Crippen molar-refractivity contribution in [1.29, 1.82) is 0 Å². The predicted octanol–water partition coefficient (Wildman–Crippen LogP) is 3.71. The number of carbonyl (C=O) groups excluding carboxylic acids is 1. The first-order valence-electron chi connectivity index (χ1n) is 10.2. The van der Waals surface area contributed by atoms with E-state index in [-0.39, 0.29) is 11.4 Å². The lowest BCUT2D eigenvalue weighted by molar-refractivity contribution is -0.386. The molecule has 0 bridgehead atoms. The van der Waals surface area contributed by atoms with E-state index in [9.17, 15) is 14.9 Å². The maximum Gasteiger partial charge on any atom is 0.312 e. The number of aromatic nitrogens is 2. The summed E-state index contributed by atoms with van der Waals surface area (Å²) in [5.41, 5.74) is 4.63. The van der Waals surface area contributed by atoms with Crippen molar-refractivity contribution in [1.82, 2.24) is 15.2 Å². The van der Waals surface area contributed by atoms with E-state index in [1.807, 2.05) is 30.3 Å². The molecule has 172 valence electrons. The van der Waals surface area contributed by atoms with Gasteiger partial charge in [0.1, 0.15) is 24.0 Å². The Morgan fingerprint density at radius 2 is 1.97 bits per heavy atom. The van der Waals surface area contributed by atoms with Crippen LogP contribution in [0.15, 0.2) is 53.6 Å². The van der Waals surface area contributed by atoms with Crippen LogP contribution in [0.4, 0.5) is 5.69 Å². The van der Waals surface area contributed by atoms with Gasteiger partial charge in [-0.05, 0) is 50.1 Å². The van der Waals surface area contributed by atoms with Gasteiger partial charge in [0.05, 0.1) is 18.2 Å². The molecule has 1 amide bonds. The lowest BCUT2D eigenvalue weighted by Gasteiger charge is -2.12. The van der Waals surface area contributed by atoms with Crippen LogP contribution < -0.4 is 14.9 Å². The van der Waals surface area contributed by atoms with Crippen molar-refractivity contribution in [2.75, 3.05) is 7.11 Å². The van der Waals surface area contributed by atoms with E-state index in [1.165, 1.54) is 17.8 Å². The van der Waals surface area contributed by atoms with E-state index in [4.69, 9.17) is 9.47 Å². The summed E-state index contributed by atoms with van der Waals surface area (Å²) in [6.07, 6.45) is 1.47. The number of rotatable bonds is 9. The Kier molecular flexibility index (Phi) is 7.39. The van der Waals surface area contributed by atoms with Crippen molar-refractivity contribution in [2.45, 2.75) is 33.4 Å². The fraction of sp³-hybridized carbons (Fsp3) is 0.261. The van der Waals surface area contributed by atoms with Gasteiger partial charge in [0, 0.05) is 0 Å². The van der Waals surface area contributed by atoms with Crippen molar-refractivity contribution in [2.24, 2.45) is 5.10 Å². The number of hydrogen-bond donors (Lipinski definition) is 1. The first-order valence-corrected chi connectivity index (χ1v) is 10.2. The van der Waals surface area contributed by atoms with Crippen LogP contribution in [-0.2, 0) is 11.4 Å². The number of nitrogens with zero attached hydrogens (tertiary/aromatic N) is 4. The molecule has 0 fully saturated rings. The normalized spacial score (nSPS) is 11.9. The second-order valence-corrected chi connectivity index (χ2v) is 7.32. The molecular formula is C23H25N5O5. The van der Waals surface area contributed by atoms with E-state index in [1.54, 1.807) is 39.2 Å². The van der Waals surface area contributed by atoms with Crippen molar-refractivity contribution >= 4 is 17.8 Å². The third-order valence-corrected chi connectivity index (χ3v) is 5.03. The molecule has 0 aliphatic carbocycles. The molecule has 0 spiro atoms. The number of hydrogen-bond acceptors (Lipinski definition) is 7. The smallest absolute Gasteiger partial charge is 0.312 e. The third kappa shape index (κ3) is 5.53. The number of amides is 1. The molecule has 1 atom stereocenters. The highest BCUT2D eigenvalue weighted by Gasteiger charge is 2.26. The summed E-state index contributed by atoms with van der Waals surface area (Å²) in [6.45, 7) is 5.09. The van der Waals surface area contributed by atoms with Crippen LogP contribution in [0.25, 0.3) is 0 Å². The van der Waals surface area contributed by atoms with Gasteiger partial charge in [-0.2, -0.15) is 10.2 Å². The molecule has 0 aliphatic rings. The van der Waals surface area contributed by atoms with Gasteiger partial charge in [-0.3, -0.25) is 19.6 Å². The molecule has 0 aliphatic heterocycles. The molecule has 1 unspecified atom stereocenters. The average molecular weight is 451 g/mol. The number of hydrazone groups is 1. The zero-order valence-electron chi connectivity index (χ0n) is 18.8. The van der Waals surface area contributed by atoms with Crippen molar-refractivity contribution in [3.8, 4) is 11.5 Å². The Morgan fingerprint density at radius 1 is 1.24 bits per heavy atom. The van der Waals surface area contributed by atoms with Crippen molar-refractivity contribution in [3.63, 3.8) is 0 Å². The second kappa shape index (κ2) is 10.4. The molecule has 10 heteroatoms. The fourth-order valence-electron chi connectivity index (χ4n) is 3.29. The maximum absolute atomic E-state index is 12.5. The SMILES string of the molecule is COc1cc(C=NNC(=O)C(C)n2nc(C)c([N+](=O)[O-])c2C)ccc1OCc1ccccc1. The van der Waals surface area contributed by atoms with Crippen LogP contribution >= 0.6 is 0 Å². The Labute approximate surface area is 191 Å². The monoisotopic (exact) mass is 451 g/mol. The van der Waals surface area contributed by atoms with Gasteiger partial charge in [0.25, 0.3) is 5.91 Å². The van der Waals surface area contributed by atoms with Gasteiger partial charge < -0.3 is 9.47 Å². The molecule has 1 N–H and O–H groups in total. The minimum absolute atomic E-state index is 0.0974. The molecule has 3 aromatic rings. The summed E-state index contributed by atoms with van der Waals surface area (Å²) in [6, 6.07) is 14.3. The highest BCUT2D eigenvalue weighted by Crippen LogP contribution is 2.28. The van der Waals surface area contributed by atoms with Crippen molar-refractivity contribution < 1.29 is 19.2 Å². The average Bonchev–Trinajstić information content (AvgIpc) is 3.11. The van der Waals surface area contributed by atoms with Crippen LogP contribution in [0, 0.1) is 24.0 Å². The van der Waals surface area contributed by atoms with Crippen LogP contribution in [0.2, 0.25) is 0 Å².